The van der Waals surface area contributed by atoms with Crippen LogP contribution in [0, 0.1) is 13.8 Å². The Kier molecular flexibility index (Phi) is 5.52. The summed E-state index contributed by atoms with van der Waals surface area (Å²) in [5.74, 6) is -2.35. The SMILES string of the molecule is Cc1cc(C)cc(-[n+]2ccc(-c3cc[n+](-c4cc(C(=O)O)cc(C(=O)O)c4)cc3)cc2)c1. The summed E-state index contributed by atoms with van der Waals surface area (Å²) in [6, 6.07) is 18.3. The fourth-order valence-corrected chi connectivity index (χ4v) is 3.69. The molecule has 0 radical (unpaired) electrons. The molecule has 2 N–H and O–H groups in total. The minimum absolute atomic E-state index is 0.0736. The molecular weight excluding hydrogens is 404 g/mol. The molecule has 0 saturated heterocycles. The van der Waals surface area contributed by atoms with E-state index in [-0.39, 0.29) is 11.1 Å². The number of nitrogens with zero attached hydrogens (tertiary/aromatic N) is 2. The van der Waals surface area contributed by atoms with Crippen molar-refractivity contribution in [3.63, 3.8) is 0 Å². The largest absolute Gasteiger partial charge is 0.478 e. The van der Waals surface area contributed by atoms with Crippen molar-refractivity contribution in [1.29, 1.82) is 0 Å². The maximum absolute atomic E-state index is 11.4. The predicted octanol–water partition coefficient (Wildman–Crippen LogP) is 3.92. The lowest BCUT2D eigenvalue weighted by Gasteiger charge is -2.04. The molecule has 6 heteroatoms. The highest BCUT2D eigenvalue weighted by molar-refractivity contribution is 5.94. The van der Waals surface area contributed by atoms with E-state index in [1.807, 2.05) is 36.7 Å². The quantitative estimate of drug-likeness (QED) is 0.474. The van der Waals surface area contributed by atoms with E-state index in [0.29, 0.717) is 5.69 Å². The zero-order valence-corrected chi connectivity index (χ0v) is 17.7. The van der Waals surface area contributed by atoms with E-state index in [0.717, 1.165) is 22.9 Å². The van der Waals surface area contributed by atoms with Crippen LogP contribution >= 0.6 is 0 Å². The number of benzene rings is 2. The Labute approximate surface area is 185 Å². The zero-order valence-electron chi connectivity index (χ0n) is 17.7. The Morgan fingerprint density at radius 1 is 0.594 bits per heavy atom. The molecule has 0 fully saturated rings. The Morgan fingerprint density at radius 2 is 0.969 bits per heavy atom. The van der Waals surface area contributed by atoms with Gasteiger partial charge in [0.05, 0.1) is 11.1 Å². The summed E-state index contributed by atoms with van der Waals surface area (Å²) >= 11 is 0. The number of hydrogen-bond acceptors (Lipinski definition) is 2. The number of hydrogen-bond donors (Lipinski definition) is 2. The summed E-state index contributed by atoms with van der Waals surface area (Å²) in [6.07, 6.45) is 7.60. The summed E-state index contributed by atoms with van der Waals surface area (Å²) in [5.41, 5.74) is 5.86. The van der Waals surface area contributed by atoms with E-state index >= 15 is 0 Å². The number of carbonyl (C=O) groups is 2. The second-order valence-corrected chi connectivity index (χ2v) is 7.71. The van der Waals surface area contributed by atoms with Crippen LogP contribution in [0.3, 0.4) is 0 Å². The Bertz CT molecular complexity index is 1270. The van der Waals surface area contributed by atoms with Crippen molar-refractivity contribution in [3.8, 4) is 22.5 Å². The number of pyridine rings is 2. The first-order valence-electron chi connectivity index (χ1n) is 10.0. The second-order valence-electron chi connectivity index (χ2n) is 7.71. The van der Waals surface area contributed by atoms with Gasteiger partial charge in [0.2, 0.25) is 11.4 Å². The van der Waals surface area contributed by atoms with Crippen molar-refractivity contribution in [2.24, 2.45) is 0 Å². The molecule has 4 rings (SSSR count). The summed E-state index contributed by atoms with van der Waals surface area (Å²) < 4.78 is 3.76. The molecule has 4 aromatic rings. The third-order valence-electron chi connectivity index (χ3n) is 5.21. The number of carboxylic acids is 2. The topological polar surface area (TPSA) is 82.4 Å². The van der Waals surface area contributed by atoms with Gasteiger partial charge in [0.15, 0.2) is 24.8 Å². The Hall–Kier alpha value is -4.32. The van der Waals surface area contributed by atoms with Gasteiger partial charge in [-0.2, -0.15) is 9.13 Å². The van der Waals surface area contributed by atoms with Crippen LogP contribution in [0.1, 0.15) is 31.8 Å². The maximum atomic E-state index is 11.4. The molecule has 2 aromatic carbocycles. The van der Waals surface area contributed by atoms with E-state index < -0.39 is 11.9 Å². The highest BCUT2D eigenvalue weighted by Gasteiger charge is 2.17. The molecule has 158 valence electrons. The van der Waals surface area contributed by atoms with Crippen LogP contribution in [0.4, 0.5) is 0 Å². The standard InChI is InChI=1S/C26H20N2O4/c1-17-11-18(2)13-23(12-17)27-7-3-19(4-8-27)20-5-9-28(10-6-20)24-15-21(25(29)30)14-22(16-24)26(31)32/h3-16H,1-2H3/p+2. The number of carboxylic acid groups (broad SMARTS) is 2. The van der Waals surface area contributed by atoms with Crippen LogP contribution in [0.5, 0.6) is 0 Å². The van der Waals surface area contributed by atoms with Gasteiger partial charge in [0.25, 0.3) is 0 Å². The lowest BCUT2D eigenvalue weighted by Crippen LogP contribution is -2.30. The van der Waals surface area contributed by atoms with Crippen LogP contribution in [-0.4, -0.2) is 22.2 Å². The van der Waals surface area contributed by atoms with Crippen LogP contribution in [-0.2, 0) is 0 Å². The van der Waals surface area contributed by atoms with Gasteiger partial charge in [0, 0.05) is 48.5 Å². The van der Waals surface area contributed by atoms with Gasteiger partial charge in [0.1, 0.15) is 0 Å². The van der Waals surface area contributed by atoms with E-state index in [9.17, 15) is 19.8 Å². The van der Waals surface area contributed by atoms with Gasteiger partial charge >= 0.3 is 11.9 Å². The van der Waals surface area contributed by atoms with Crippen LogP contribution in [0.25, 0.3) is 22.5 Å². The molecule has 2 heterocycles. The van der Waals surface area contributed by atoms with Crippen molar-refractivity contribution >= 4 is 11.9 Å². The molecular formula is C26H22N2O4+2. The minimum atomic E-state index is -1.17. The smallest absolute Gasteiger partial charge is 0.335 e. The fraction of sp³-hybridized carbons (Fsp3) is 0.0769. The number of aryl methyl sites for hydroxylation is 2. The van der Waals surface area contributed by atoms with Crippen LogP contribution < -0.4 is 9.13 Å². The molecule has 32 heavy (non-hydrogen) atoms. The average Bonchev–Trinajstić information content (AvgIpc) is 2.78. The van der Waals surface area contributed by atoms with Crippen LogP contribution in [0.2, 0.25) is 0 Å². The highest BCUT2D eigenvalue weighted by Crippen LogP contribution is 2.18. The molecule has 0 saturated carbocycles. The van der Waals surface area contributed by atoms with E-state index in [4.69, 9.17) is 0 Å². The van der Waals surface area contributed by atoms with E-state index in [1.54, 1.807) is 17.0 Å². The van der Waals surface area contributed by atoms with Crippen molar-refractivity contribution in [2.75, 3.05) is 0 Å². The van der Waals surface area contributed by atoms with Gasteiger partial charge in [-0.3, -0.25) is 0 Å². The first-order chi connectivity index (χ1) is 15.3. The zero-order chi connectivity index (χ0) is 22.8. The van der Waals surface area contributed by atoms with Crippen molar-refractivity contribution < 1.29 is 28.9 Å². The monoisotopic (exact) mass is 426 g/mol. The number of aromatic carboxylic acids is 2. The molecule has 0 atom stereocenters. The average molecular weight is 426 g/mol. The third-order valence-corrected chi connectivity index (χ3v) is 5.21. The summed E-state index contributed by atoms with van der Waals surface area (Å²) in [6.45, 7) is 4.16. The second kappa shape index (κ2) is 8.43. The lowest BCUT2D eigenvalue weighted by molar-refractivity contribution is -0.596. The molecule has 0 amide bonds. The normalized spacial score (nSPS) is 10.7. The van der Waals surface area contributed by atoms with E-state index in [1.165, 1.54) is 23.3 Å². The molecule has 0 aliphatic rings. The summed E-state index contributed by atoms with van der Waals surface area (Å²) in [7, 11) is 0. The van der Waals surface area contributed by atoms with Gasteiger partial charge in [-0.1, -0.05) is 6.07 Å². The van der Waals surface area contributed by atoms with Crippen LogP contribution in [0.15, 0.2) is 85.5 Å². The molecule has 2 aromatic heterocycles. The third kappa shape index (κ3) is 4.39. The minimum Gasteiger partial charge on any atom is -0.478 e. The predicted molar refractivity (Wildman–Crippen MR) is 118 cm³/mol. The Balaban J connectivity index is 1.63. The lowest BCUT2D eigenvalue weighted by atomic mass is 10.1. The number of rotatable bonds is 5. The molecule has 0 aliphatic carbocycles. The highest BCUT2D eigenvalue weighted by atomic mass is 16.4. The maximum Gasteiger partial charge on any atom is 0.335 e. The van der Waals surface area contributed by atoms with Gasteiger partial charge in [-0.25, -0.2) is 9.59 Å². The molecule has 0 spiro atoms. The van der Waals surface area contributed by atoms with Crippen molar-refractivity contribution in [1.82, 2.24) is 0 Å². The molecule has 6 nitrogen and oxygen atoms in total. The fourth-order valence-electron chi connectivity index (χ4n) is 3.69. The first kappa shape index (κ1) is 20.9. The van der Waals surface area contributed by atoms with Gasteiger partial charge in [-0.15, -0.1) is 0 Å². The van der Waals surface area contributed by atoms with Crippen molar-refractivity contribution in [2.45, 2.75) is 13.8 Å². The van der Waals surface area contributed by atoms with E-state index in [2.05, 4.69) is 36.6 Å². The van der Waals surface area contributed by atoms with Crippen molar-refractivity contribution in [3.05, 3.63) is 108 Å². The molecule has 0 unspecified atom stereocenters. The summed E-state index contributed by atoms with van der Waals surface area (Å²) in [5, 5.41) is 18.6. The first-order valence-corrected chi connectivity index (χ1v) is 10.0. The molecule has 0 bridgehead atoms. The summed E-state index contributed by atoms with van der Waals surface area (Å²) in [4.78, 5) is 22.7. The van der Waals surface area contributed by atoms with Gasteiger partial charge < -0.3 is 10.2 Å². The van der Waals surface area contributed by atoms with Gasteiger partial charge in [-0.05, 0) is 42.2 Å². The number of aromatic nitrogens is 2. The Morgan fingerprint density at radius 3 is 1.34 bits per heavy atom. The molecule has 0 aliphatic heterocycles.